The summed E-state index contributed by atoms with van der Waals surface area (Å²) >= 11 is 0. The summed E-state index contributed by atoms with van der Waals surface area (Å²) in [6, 6.07) is -0.753. The molecule has 2 aliphatic carbocycles. The molecule has 7 heteroatoms. The van der Waals surface area contributed by atoms with Crippen LogP contribution in [0.2, 0.25) is 0 Å². The summed E-state index contributed by atoms with van der Waals surface area (Å²) in [6.07, 6.45) is 8.74. The number of aliphatic hydroxyl groups excluding tert-OH is 1. The zero-order chi connectivity index (χ0) is 20.1. The van der Waals surface area contributed by atoms with Crippen LogP contribution in [0.25, 0.3) is 0 Å². The molecule has 7 nitrogen and oxygen atoms in total. The van der Waals surface area contributed by atoms with Crippen LogP contribution in [0.4, 0.5) is 0 Å². The van der Waals surface area contributed by atoms with E-state index in [2.05, 4.69) is 5.32 Å². The lowest BCUT2D eigenvalue weighted by Crippen LogP contribution is -2.57. The van der Waals surface area contributed by atoms with Crippen LogP contribution in [0.15, 0.2) is 0 Å². The second-order valence-corrected chi connectivity index (χ2v) is 8.68. The molecule has 0 spiro atoms. The number of hydrogen-bond donors (Lipinski definition) is 2. The quantitative estimate of drug-likeness (QED) is 0.693. The van der Waals surface area contributed by atoms with Gasteiger partial charge in [0.15, 0.2) is 6.04 Å². The summed E-state index contributed by atoms with van der Waals surface area (Å²) in [4.78, 5) is 38.8. The standard InChI is InChI=1S/C21H34N2O5/c1-28-21(27)19-17(24)7-4-12-23(19)20(26)15-8-10-16(11-9-15)22-18(25)13-14-5-2-3-6-14/h14-17,19,24H,2-13H2,1H3,(H,22,25)/t15?,16?,17-,19-/m0/s1. The van der Waals surface area contributed by atoms with Crippen LogP contribution in [-0.4, -0.2) is 59.6 Å². The Balaban J connectivity index is 1.48. The number of methoxy groups -OCH3 is 1. The first-order valence-electron chi connectivity index (χ1n) is 10.8. The minimum absolute atomic E-state index is 0.0649. The summed E-state index contributed by atoms with van der Waals surface area (Å²) in [7, 11) is 1.28. The molecule has 3 fully saturated rings. The molecule has 1 saturated heterocycles. The van der Waals surface area contributed by atoms with Gasteiger partial charge in [-0.05, 0) is 57.3 Å². The minimum Gasteiger partial charge on any atom is -0.467 e. The van der Waals surface area contributed by atoms with Crippen LogP contribution in [0.1, 0.15) is 70.6 Å². The van der Waals surface area contributed by atoms with E-state index in [4.69, 9.17) is 4.74 Å². The van der Waals surface area contributed by atoms with E-state index < -0.39 is 18.1 Å². The van der Waals surface area contributed by atoms with Gasteiger partial charge in [0.2, 0.25) is 11.8 Å². The van der Waals surface area contributed by atoms with Gasteiger partial charge in [-0.15, -0.1) is 0 Å². The van der Waals surface area contributed by atoms with Gasteiger partial charge in [0.25, 0.3) is 0 Å². The van der Waals surface area contributed by atoms with Gasteiger partial charge >= 0.3 is 5.97 Å². The summed E-state index contributed by atoms with van der Waals surface area (Å²) in [5.74, 6) is -0.0796. The van der Waals surface area contributed by atoms with Crippen molar-refractivity contribution in [1.82, 2.24) is 10.2 Å². The number of amides is 2. The van der Waals surface area contributed by atoms with Gasteiger partial charge in [0.1, 0.15) is 0 Å². The van der Waals surface area contributed by atoms with E-state index in [-0.39, 0.29) is 23.8 Å². The van der Waals surface area contributed by atoms with Crippen molar-refractivity contribution in [2.24, 2.45) is 11.8 Å². The Kier molecular flexibility index (Phi) is 7.32. The van der Waals surface area contributed by atoms with Crippen molar-refractivity contribution in [1.29, 1.82) is 0 Å². The highest BCUT2D eigenvalue weighted by Gasteiger charge is 2.42. The number of rotatable bonds is 5. The number of aliphatic hydroxyl groups is 1. The molecular weight excluding hydrogens is 360 g/mol. The van der Waals surface area contributed by atoms with Gasteiger partial charge in [-0.3, -0.25) is 9.59 Å². The van der Waals surface area contributed by atoms with E-state index in [0.29, 0.717) is 44.6 Å². The third-order valence-electron chi connectivity index (χ3n) is 6.72. The number of carbonyl (C=O) groups excluding carboxylic acids is 3. The fourth-order valence-electron chi connectivity index (χ4n) is 5.11. The third-order valence-corrected chi connectivity index (χ3v) is 6.72. The lowest BCUT2D eigenvalue weighted by atomic mass is 9.84. The van der Waals surface area contributed by atoms with Gasteiger partial charge in [0, 0.05) is 24.9 Å². The Morgan fingerprint density at radius 2 is 1.68 bits per heavy atom. The normalized spacial score (nSPS) is 31.4. The van der Waals surface area contributed by atoms with Crippen molar-refractivity contribution in [2.45, 2.75) is 88.8 Å². The molecule has 3 aliphatic rings. The summed E-state index contributed by atoms with van der Waals surface area (Å²) < 4.78 is 4.80. The molecule has 0 aromatic rings. The van der Waals surface area contributed by atoms with Crippen molar-refractivity contribution in [3.8, 4) is 0 Å². The first-order chi connectivity index (χ1) is 13.5. The number of likely N-dealkylation sites (tertiary alicyclic amines) is 1. The molecule has 158 valence electrons. The Morgan fingerprint density at radius 1 is 1.00 bits per heavy atom. The van der Waals surface area contributed by atoms with E-state index >= 15 is 0 Å². The van der Waals surface area contributed by atoms with Gasteiger partial charge < -0.3 is 20.1 Å². The number of nitrogens with one attached hydrogen (secondary N) is 1. The van der Waals surface area contributed by atoms with Crippen molar-refractivity contribution in [3.05, 3.63) is 0 Å². The SMILES string of the molecule is COC(=O)[C@@H]1[C@@H](O)CCCN1C(=O)C1CCC(NC(=O)CC2CCCC2)CC1. The maximum Gasteiger partial charge on any atom is 0.331 e. The fourth-order valence-corrected chi connectivity index (χ4v) is 5.11. The molecule has 0 bridgehead atoms. The fraction of sp³-hybridized carbons (Fsp3) is 0.857. The van der Waals surface area contributed by atoms with Gasteiger partial charge in [0.05, 0.1) is 13.2 Å². The average molecular weight is 395 g/mol. The monoisotopic (exact) mass is 394 g/mol. The van der Waals surface area contributed by atoms with E-state index in [1.807, 2.05) is 0 Å². The smallest absolute Gasteiger partial charge is 0.331 e. The van der Waals surface area contributed by atoms with E-state index in [0.717, 1.165) is 25.7 Å². The van der Waals surface area contributed by atoms with Crippen LogP contribution in [0.3, 0.4) is 0 Å². The number of nitrogens with zero attached hydrogens (tertiary/aromatic N) is 1. The molecule has 1 heterocycles. The predicted molar refractivity (Wildman–Crippen MR) is 103 cm³/mol. The molecular formula is C21H34N2O5. The van der Waals surface area contributed by atoms with E-state index in [1.54, 1.807) is 0 Å². The lowest BCUT2D eigenvalue weighted by Gasteiger charge is -2.40. The molecule has 0 unspecified atom stereocenters. The van der Waals surface area contributed by atoms with Crippen molar-refractivity contribution in [3.63, 3.8) is 0 Å². The van der Waals surface area contributed by atoms with E-state index in [9.17, 15) is 19.5 Å². The molecule has 0 radical (unpaired) electrons. The molecule has 2 amide bonds. The van der Waals surface area contributed by atoms with Crippen LogP contribution in [0.5, 0.6) is 0 Å². The summed E-state index contributed by atoms with van der Waals surface area (Å²) in [6.45, 7) is 0.480. The van der Waals surface area contributed by atoms with Gasteiger partial charge in [-0.25, -0.2) is 4.79 Å². The number of piperidine rings is 1. The van der Waals surface area contributed by atoms with E-state index in [1.165, 1.54) is 24.9 Å². The Hall–Kier alpha value is -1.63. The number of ether oxygens (including phenoxy) is 1. The molecule has 0 aromatic heterocycles. The van der Waals surface area contributed by atoms with Crippen molar-refractivity contribution >= 4 is 17.8 Å². The second kappa shape index (κ2) is 9.72. The van der Waals surface area contributed by atoms with Crippen LogP contribution in [0, 0.1) is 11.8 Å². The number of hydrogen-bond acceptors (Lipinski definition) is 5. The highest BCUT2D eigenvalue weighted by Crippen LogP contribution is 2.30. The zero-order valence-corrected chi connectivity index (χ0v) is 16.9. The molecule has 2 N–H and O–H groups in total. The predicted octanol–water partition coefficient (Wildman–Crippen LogP) is 1.77. The first-order valence-corrected chi connectivity index (χ1v) is 10.8. The topological polar surface area (TPSA) is 95.9 Å². The highest BCUT2D eigenvalue weighted by atomic mass is 16.5. The van der Waals surface area contributed by atoms with Crippen molar-refractivity contribution in [2.75, 3.05) is 13.7 Å². The molecule has 1 aliphatic heterocycles. The Bertz CT molecular complexity index is 567. The first kappa shape index (κ1) is 21.1. The zero-order valence-electron chi connectivity index (χ0n) is 16.9. The minimum atomic E-state index is -0.893. The second-order valence-electron chi connectivity index (χ2n) is 8.68. The number of esters is 1. The maximum absolute atomic E-state index is 13.0. The third kappa shape index (κ3) is 5.04. The molecule has 2 atom stereocenters. The van der Waals surface area contributed by atoms with Gasteiger partial charge in [-0.2, -0.15) is 0 Å². The van der Waals surface area contributed by atoms with Gasteiger partial charge in [-0.1, -0.05) is 12.8 Å². The van der Waals surface area contributed by atoms with Crippen molar-refractivity contribution < 1.29 is 24.2 Å². The van der Waals surface area contributed by atoms with Crippen LogP contribution >= 0.6 is 0 Å². The molecule has 0 aromatic carbocycles. The Labute approximate surface area is 167 Å². The largest absolute Gasteiger partial charge is 0.467 e. The molecule has 28 heavy (non-hydrogen) atoms. The highest BCUT2D eigenvalue weighted by molar-refractivity contribution is 5.86. The van der Waals surface area contributed by atoms with Crippen LogP contribution in [-0.2, 0) is 19.1 Å². The molecule has 2 saturated carbocycles. The number of carbonyl (C=O) groups is 3. The maximum atomic E-state index is 13.0. The summed E-state index contributed by atoms with van der Waals surface area (Å²) in [5.41, 5.74) is 0. The molecule has 3 rings (SSSR count). The lowest BCUT2D eigenvalue weighted by molar-refractivity contribution is -0.163. The van der Waals surface area contributed by atoms with Crippen LogP contribution < -0.4 is 5.32 Å². The summed E-state index contributed by atoms with van der Waals surface area (Å²) in [5, 5.41) is 13.4. The Morgan fingerprint density at radius 3 is 2.32 bits per heavy atom. The average Bonchev–Trinajstić information content (AvgIpc) is 3.20.